The first-order chi connectivity index (χ1) is 13.1. The SMILES string of the molecule is CC(CO)(CO)C(=O)Nc1c(I)c(CO)c(I)c(C(=O)NCC(O)CO)c1I. The Bertz CT molecular complexity index is 742. The van der Waals surface area contributed by atoms with Crippen molar-refractivity contribution in [2.75, 3.05) is 31.7 Å². The van der Waals surface area contributed by atoms with Gasteiger partial charge >= 0.3 is 0 Å². The van der Waals surface area contributed by atoms with Gasteiger partial charge in [0.25, 0.3) is 5.91 Å². The minimum absolute atomic E-state index is 0.170. The fraction of sp³-hybridized carbons (Fsp3) is 0.500. The maximum absolute atomic E-state index is 12.6. The third-order valence-electron chi connectivity index (χ3n) is 3.99. The van der Waals surface area contributed by atoms with Crippen LogP contribution in [0.2, 0.25) is 0 Å². The lowest BCUT2D eigenvalue weighted by atomic mass is 9.91. The Kier molecular flexibility index (Phi) is 10.8. The Morgan fingerprint density at radius 2 is 1.61 bits per heavy atom. The molecule has 0 radical (unpaired) electrons. The van der Waals surface area contributed by atoms with Gasteiger partial charge in [-0.15, -0.1) is 0 Å². The number of anilines is 1. The molecule has 28 heavy (non-hydrogen) atoms. The van der Waals surface area contributed by atoms with E-state index in [1.54, 1.807) is 0 Å². The summed E-state index contributed by atoms with van der Waals surface area (Å²) in [6, 6.07) is 0. The van der Waals surface area contributed by atoms with Gasteiger partial charge in [-0.05, 0) is 74.7 Å². The monoisotopic (exact) mass is 734 g/mol. The lowest BCUT2D eigenvalue weighted by Gasteiger charge is -2.25. The molecule has 9 nitrogen and oxygen atoms in total. The lowest BCUT2D eigenvalue weighted by molar-refractivity contribution is -0.129. The molecule has 0 aliphatic rings. The molecule has 0 spiro atoms. The number of halogens is 3. The molecular formula is C16H21I3N2O7. The van der Waals surface area contributed by atoms with E-state index in [1.807, 2.05) is 67.8 Å². The lowest BCUT2D eigenvalue weighted by Crippen LogP contribution is -2.40. The maximum atomic E-state index is 12.6. The van der Waals surface area contributed by atoms with E-state index in [0.29, 0.717) is 16.3 Å². The van der Waals surface area contributed by atoms with Crippen LogP contribution in [0.5, 0.6) is 0 Å². The predicted molar refractivity (Wildman–Crippen MR) is 127 cm³/mol. The Morgan fingerprint density at radius 3 is 2.07 bits per heavy atom. The topological polar surface area (TPSA) is 159 Å². The predicted octanol–water partition coefficient (Wildman–Crippen LogP) is 0.00510. The van der Waals surface area contributed by atoms with Crippen molar-refractivity contribution >= 4 is 85.3 Å². The second-order valence-corrected chi connectivity index (χ2v) is 9.44. The summed E-state index contributed by atoms with van der Waals surface area (Å²) in [6.45, 7) is -0.820. The summed E-state index contributed by atoms with van der Waals surface area (Å²) in [5.74, 6) is -1.18. The van der Waals surface area contributed by atoms with Gasteiger partial charge in [-0.25, -0.2) is 0 Å². The second kappa shape index (κ2) is 11.5. The fourth-order valence-electron chi connectivity index (χ4n) is 1.99. The summed E-state index contributed by atoms with van der Waals surface area (Å²) in [5.41, 5.74) is -0.528. The van der Waals surface area contributed by atoms with Crippen LogP contribution in [0.3, 0.4) is 0 Å². The summed E-state index contributed by atoms with van der Waals surface area (Å²) in [5, 5.41) is 52.1. The van der Waals surface area contributed by atoms with Crippen LogP contribution < -0.4 is 10.6 Å². The Morgan fingerprint density at radius 1 is 1.04 bits per heavy atom. The number of rotatable bonds is 9. The van der Waals surface area contributed by atoms with Gasteiger partial charge in [0, 0.05) is 19.2 Å². The Hall–Kier alpha value is 0.150. The number of carbonyl (C=O) groups excluding carboxylic acids is 2. The average Bonchev–Trinajstić information content (AvgIpc) is 2.68. The van der Waals surface area contributed by atoms with E-state index in [2.05, 4.69) is 10.6 Å². The summed E-state index contributed by atoms with van der Waals surface area (Å²) in [4.78, 5) is 25.2. The first kappa shape index (κ1) is 26.2. The fourth-order valence-corrected chi connectivity index (χ4v) is 6.25. The number of hydrogen-bond acceptors (Lipinski definition) is 7. The molecule has 2 amide bonds. The highest BCUT2D eigenvalue weighted by atomic mass is 127. The Labute approximate surface area is 202 Å². The maximum Gasteiger partial charge on any atom is 0.253 e. The van der Waals surface area contributed by atoms with Crippen LogP contribution in [0.4, 0.5) is 5.69 Å². The van der Waals surface area contributed by atoms with Crippen LogP contribution in [0, 0.1) is 16.1 Å². The summed E-state index contributed by atoms with van der Waals surface area (Å²) in [7, 11) is 0. The molecule has 0 fully saturated rings. The second-order valence-electron chi connectivity index (χ2n) is 6.21. The van der Waals surface area contributed by atoms with Crippen LogP contribution in [0.1, 0.15) is 22.8 Å². The molecule has 0 aliphatic heterocycles. The van der Waals surface area contributed by atoms with Gasteiger partial charge in [0.2, 0.25) is 5.91 Å². The zero-order valence-electron chi connectivity index (χ0n) is 14.8. The number of amides is 2. The van der Waals surface area contributed by atoms with E-state index in [4.69, 9.17) is 5.11 Å². The van der Waals surface area contributed by atoms with Crippen molar-refractivity contribution in [2.24, 2.45) is 5.41 Å². The van der Waals surface area contributed by atoms with Crippen molar-refractivity contribution in [3.63, 3.8) is 0 Å². The molecule has 158 valence electrons. The largest absolute Gasteiger partial charge is 0.395 e. The van der Waals surface area contributed by atoms with Crippen LogP contribution >= 0.6 is 67.8 Å². The van der Waals surface area contributed by atoms with Gasteiger partial charge in [-0.1, -0.05) is 0 Å². The minimum atomic E-state index is -1.43. The van der Waals surface area contributed by atoms with Crippen LogP contribution in [-0.2, 0) is 11.4 Å². The highest BCUT2D eigenvalue weighted by molar-refractivity contribution is 14.1. The molecule has 0 aromatic heterocycles. The van der Waals surface area contributed by atoms with Gasteiger partial charge in [-0.3, -0.25) is 9.59 Å². The van der Waals surface area contributed by atoms with Crippen molar-refractivity contribution < 1.29 is 35.1 Å². The standard InChI is InChI=1S/C16H21I3N2O7/c1-16(5-24,6-25)15(28)21-13-11(18)8(4-23)10(17)9(12(13)19)14(27)20-2-7(26)3-22/h7,22-26H,2-6H2,1H3,(H,20,27)(H,21,28). The molecule has 1 rings (SSSR count). The highest BCUT2D eigenvalue weighted by Crippen LogP contribution is 2.36. The minimum Gasteiger partial charge on any atom is -0.395 e. The van der Waals surface area contributed by atoms with Gasteiger partial charge in [-0.2, -0.15) is 0 Å². The van der Waals surface area contributed by atoms with Gasteiger partial charge < -0.3 is 36.2 Å². The summed E-state index contributed by atoms with van der Waals surface area (Å²) < 4.78 is 1.40. The third-order valence-corrected chi connectivity index (χ3v) is 7.45. The number of hydrogen-bond donors (Lipinski definition) is 7. The zero-order chi connectivity index (χ0) is 21.6. The van der Waals surface area contributed by atoms with E-state index in [0.717, 1.165) is 0 Å². The normalized spacial score (nSPS) is 12.6. The van der Waals surface area contributed by atoms with Crippen molar-refractivity contribution in [3.8, 4) is 0 Å². The molecule has 12 heteroatoms. The Balaban J connectivity index is 3.42. The highest BCUT2D eigenvalue weighted by Gasteiger charge is 2.34. The van der Waals surface area contributed by atoms with Gasteiger partial charge in [0.05, 0.1) is 52.8 Å². The van der Waals surface area contributed by atoms with Crippen LogP contribution in [-0.4, -0.2) is 69.8 Å². The van der Waals surface area contributed by atoms with E-state index in [9.17, 15) is 30.0 Å². The number of benzene rings is 1. The quantitative estimate of drug-likeness (QED) is 0.176. The molecule has 1 aromatic carbocycles. The zero-order valence-corrected chi connectivity index (χ0v) is 21.3. The van der Waals surface area contributed by atoms with Gasteiger partial charge in [0.15, 0.2) is 0 Å². The van der Waals surface area contributed by atoms with Crippen molar-refractivity contribution in [1.29, 1.82) is 0 Å². The molecule has 1 atom stereocenters. The smallest absolute Gasteiger partial charge is 0.253 e. The third kappa shape index (κ3) is 5.86. The molecule has 0 bridgehead atoms. The number of aliphatic hydroxyl groups is 5. The van der Waals surface area contributed by atoms with Crippen LogP contribution in [0.15, 0.2) is 0 Å². The first-order valence-electron chi connectivity index (χ1n) is 7.98. The number of carbonyl (C=O) groups is 2. The van der Waals surface area contributed by atoms with Crippen molar-refractivity contribution in [2.45, 2.75) is 19.6 Å². The van der Waals surface area contributed by atoms with E-state index in [1.165, 1.54) is 6.92 Å². The number of nitrogens with one attached hydrogen (secondary N) is 2. The molecule has 0 saturated carbocycles. The van der Waals surface area contributed by atoms with Gasteiger partial charge in [0.1, 0.15) is 0 Å². The molecule has 1 unspecified atom stereocenters. The molecule has 0 saturated heterocycles. The molecule has 7 N–H and O–H groups in total. The number of aliphatic hydroxyl groups excluding tert-OH is 5. The van der Waals surface area contributed by atoms with E-state index >= 15 is 0 Å². The molecule has 1 aromatic rings. The average molecular weight is 734 g/mol. The van der Waals surface area contributed by atoms with E-state index in [-0.39, 0.29) is 24.4 Å². The molecule has 0 heterocycles. The summed E-state index contributed by atoms with van der Waals surface area (Å²) in [6.07, 6.45) is -1.12. The van der Waals surface area contributed by atoms with Crippen LogP contribution in [0.25, 0.3) is 0 Å². The molecule has 0 aliphatic carbocycles. The van der Waals surface area contributed by atoms with E-state index < -0.39 is 43.2 Å². The first-order valence-corrected chi connectivity index (χ1v) is 11.2. The van der Waals surface area contributed by atoms with Crippen molar-refractivity contribution in [1.82, 2.24) is 5.32 Å². The van der Waals surface area contributed by atoms with Crippen molar-refractivity contribution in [3.05, 3.63) is 21.8 Å². The summed E-state index contributed by atoms with van der Waals surface area (Å²) >= 11 is 5.75. The molecular weight excluding hydrogens is 713 g/mol.